The Kier molecular flexibility index (Phi) is 7.19. The largest absolute Gasteiger partial charge is 0.423 e. The van der Waals surface area contributed by atoms with E-state index < -0.39 is 5.97 Å². The van der Waals surface area contributed by atoms with E-state index in [1.807, 2.05) is 44.2 Å². The van der Waals surface area contributed by atoms with E-state index >= 15 is 0 Å². The molecule has 0 fully saturated rings. The van der Waals surface area contributed by atoms with Gasteiger partial charge in [0.25, 0.3) is 0 Å². The summed E-state index contributed by atoms with van der Waals surface area (Å²) in [4.78, 5) is 24.5. The minimum absolute atomic E-state index is 0.0346. The molecule has 4 aromatic carbocycles. The highest BCUT2D eigenvalue weighted by molar-refractivity contribution is 5.94. The summed E-state index contributed by atoms with van der Waals surface area (Å²) < 4.78 is 5.52. The van der Waals surface area contributed by atoms with Crippen molar-refractivity contribution in [2.75, 3.05) is 5.32 Å². The van der Waals surface area contributed by atoms with E-state index in [2.05, 4.69) is 41.7 Å². The number of esters is 1. The average Bonchev–Trinajstić information content (AvgIpc) is 2.89. The van der Waals surface area contributed by atoms with Crippen molar-refractivity contribution in [3.05, 3.63) is 109 Å². The lowest BCUT2D eigenvalue weighted by atomic mass is 10.0. The summed E-state index contributed by atoms with van der Waals surface area (Å²) in [6, 6.07) is 32.8. The van der Waals surface area contributed by atoms with E-state index in [0.717, 1.165) is 17.5 Å². The molecule has 170 valence electrons. The van der Waals surface area contributed by atoms with Crippen molar-refractivity contribution in [2.24, 2.45) is 5.92 Å². The predicted molar refractivity (Wildman–Crippen MR) is 137 cm³/mol. The fourth-order valence-corrected chi connectivity index (χ4v) is 3.51. The summed E-state index contributed by atoms with van der Waals surface area (Å²) in [7, 11) is 0. The van der Waals surface area contributed by atoms with Crippen LogP contribution in [0, 0.1) is 5.92 Å². The SMILES string of the molecule is CCC(C)C(=O)Nc1ccc(C(=O)Oc2ccc(-c3ccc(-c4ccccc4)cc3)cc2)cc1. The molecule has 0 spiro atoms. The molecule has 0 aliphatic heterocycles. The molecule has 0 radical (unpaired) electrons. The highest BCUT2D eigenvalue weighted by Gasteiger charge is 2.12. The quantitative estimate of drug-likeness (QED) is 0.239. The zero-order valence-corrected chi connectivity index (χ0v) is 19.3. The number of hydrogen-bond donors (Lipinski definition) is 1. The number of benzene rings is 4. The van der Waals surface area contributed by atoms with Gasteiger partial charge in [-0.2, -0.15) is 0 Å². The third-order valence-electron chi connectivity index (χ3n) is 5.84. The lowest BCUT2D eigenvalue weighted by Gasteiger charge is -2.10. The molecule has 4 rings (SSSR count). The number of carbonyl (C=O) groups is 2. The van der Waals surface area contributed by atoms with Crippen LogP contribution in [0.1, 0.15) is 30.6 Å². The number of ether oxygens (including phenoxy) is 1. The fraction of sp³-hybridized carbons (Fsp3) is 0.133. The van der Waals surface area contributed by atoms with Crippen molar-refractivity contribution in [3.8, 4) is 28.0 Å². The van der Waals surface area contributed by atoms with Crippen molar-refractivity contribution in [1.29, 1.82) is 0 Å². The van der Waals surface area contributed by atoms with Crippen LogP contribution in [0.4, 0.5) is 5.69 Å². The molecule has 0 saturated heterocycles. The molecular weight excluding hydrogens is 422 g/mol. The maximum Gasteiger partial charge on any atom is 0.343 e. The Bertz CT molecular complexity index is 1250. The molecule has 1 atom stereocenters. The first-order valence-corrected chi connectivity index (χ1v) is 11.4. The van der Waals surface area contributed by atoms with Crippen LogP contribution in [-0.2, 0) is 4.79 Å². The summed E-state index contributed by atoms with van der Waals surface area (Å²) in [6.07, 6.45) is 0.772. The Morgan fingerprint density at radius 3 is 1.74 bits per heavy atom. The van der Waals surface area contributed by atoms with Gasteiger partial charge in [0.2, 0.25) is 5.91 Å². The predicted octanol–water partition coefficient (Wildman–Crippen LogP) is 7.22. The van der Waals surface area contributed by atoms with Gasteiger partial charge in [-0.3, -0.25) is 4.79 Å². The molecule has 4 nitrogen and oxygen atoms in total. The van der Waals surface area contributed by atoms with Crippen molar-refractivity contribution in [3.63, 3.8) is 0 Å². The first kappa shape index (κ1) is 23.0. The Morgan fingerprint density at radius 2 is 1.21 bits per heavy atom. The topological polar surface area (TPSA) is 55.4 Å². The first-order valence-electron chi connectivity index (χ1n) is 11.4. The zero-order valence-electron chi connectivity index (χ0n) is 19.3. The van der Waals surface area contributed by atoms with E-state index in [4.69, 9.17) is 4.74 Å². The van der Waals surface area contributed by atoms with Gasteiger partial charge in [0.1, 0.15) is 5.75 Å². The second-order valence-corrected chi connectivity index (χ2v) is 8.23. The highest BCUT2D eigenvalue weighted by atomic mass is 16.5. The number of hydrogen-bond acceptors (Lipinski definition) is 3. The van der Waals surface area contributed by atoms with Crippen LogP contribution in [0.25, 0.3) is 22.3 Å². The molecule has 0 saturated carbocycles. The Hall–Kier alpha value is -4.18. The summed E-state index contributed by atoms with van der Waals surface area (Å²) >= 11 is 0. The maximum atomic E-state index is 12.5. The molecule has 1 unspecified atom stereocenters. The average molecular weight is 450 g/mol. The Labute approximate surface area is 200 Å². The van der Waals surface area contributed by atoms with E-state index in [-0.39, 0.29) is 11.8 Å². The number of nitrogens with one attached hydrogen (secondary N) is 1. The van der Waals surface area contributed by atoms with Crippen LogP contribution in [0.15, 0.2) is 103 Å². The molecule has 0 aromatic heterocycles. The first-order chi connectivity index (χ1) is 16.5. The Morgan fingerprint density at radius 1 is 0.706 bits per heavy atom. The molecule has 1 N–H and O–H groups in total. The Balaban J connectivity index is 1.38. The number of anilines is 1. The van der Waals surface area contributed by atoms with Crippen molar-refractivity contribution < 1.29 is 14.3 Å². The number of carbonyl (C=O) groups excluding carboxylic acids is 2. The van der Waals surface area contributed by atoms with Crippen LogP contribution >= 0.6 is 0 Å². The molecule has 34 heavy (non-hydrogen) atoms. The van der Waals surface area contributed by atoms with E-state index in [1.165, 1.54) is 11.1 Å². The summed E-state index contributed by atoms with van der Waals surface area (Å²) in [5.74, 6) is -0.0643. The normalized spacial score (nSPS) is 11.5. The second-order valence-electron chi connectivity index (χ2n) is 8.23. The van der Waals surface area contributed by atoms with E-state index in [0.29, 0.717) is 17.0 Å². The van der Waals surface area contributed by atoms with Crippen LogP contribution in [0.5, 0.6) is 5.75 Å². The van der Waals surface area contributed by atoms with Gasteiger partial charge in [-0.05, 0) is 65.1 Å². The molecule has 0 aliphatic rings. The van der Waals surface area contributed by atoms with Gasteiger partial charge in [0, 0.05) is 11.6 Å². The third kappa shape index (κ3) is 5.59. The number of amides is 1. The van der Waals surface area contributed by atoms with Crippen LogP contribution in [0.3, 0.4) is 0 Å². The van der Waals surface area contributed by atoms with Crippen molar-refractivity contribution in [1.82, 2.24) is 0 Å². The van der Waals surface area contributed by atoms with Gasteiger partial charge in [-0.1, -0.05) is 80.6 Å². The number of rotatable bonds is 7. The van der Waals surface area contributed by atoms with Crippen LogP contribution in [0.2, 0.25) is 0 Å². The van der Waals surface area contributed by atoms with E-state index in [9.17, 15) is 9.59 Å². The monoisotopic (exact) mass is 449 g/mol. The van der Waals surface area contributed by atoms with Gasteiger partial charge in [-0.25, -0.2) is 4.79 Å². The van der Waals surface area contributed by atoms with Crippen LogP contribution < -0.4 is 10.1 Å². The molecule has 0 bridgehead atoms. The molecular formula is C30H27NO3. The van der Waals surface area contributed by atoms with Gasteiger partial charge in [0.15, 0.2) is 0 Å². The van der Waals surface area contributed by atoms with Crippen molar-refractivity contribution >= 4 is 17.6 Å². The summed E-state index contributed by atoms with van der Waals surface area (Å²) in [5.41, 5.74) is 5.56. The van der Waals surface area contributed by atoms with Gasteiger partial charge < -0.3 is 10.1 Å². The van der Waals surface area contributed by atoms with Crippen molar-refractivity contribution in [2.45, 2.75) is 20.3 Å². The third-order valence-corrected chi connectivity index (χ3v) is 5.84. The molecule has 4 heteroatoms. The molecule has 4 aromatic rings. The minimum atomic E-state index is -0.445. The lowest BCUT2D eigenvalue weighted by molar-refractivity contribution is -0.119. The lowest BCUT2D eigenvalue weighted by Crippen LogP contribution is -2.19. The van der Waals surface area contributed by atoms with E-state index in [1.54, 1.807) is 36.4 Å². The summed E-state index contributed by atoms with van der Waals surface area (Å²) in [6.45, 7) is 3.85. The zero-order chi connectivity index (χ0) is 23.9. The minimum Gasteiger partial charge on any atom is -0.423 e. The maximum absolute atomic E-state index is 12.5. The van der Waals surface area contributed by atoms with Gasteiger partial charge >= 0.3 is 5.97 Å². The molecule has 0 aliphatic carbocycles. The van der Waals surface area contributed by atoms with Crippen LogP contribution in [-0.4, -0.2) is 11.9 Å². The highest BCUT2D eigenvalue weighted by Crippen LogP contribution is 2.26. The second kappa shape index (κ2) is 10.6. The van der Waals surface area contributed by atoms with Gasteiger partial charge in [-0.15, -0.1) is 0 Å². The van der Waals surface area contributed by atoms with Gasteiger partial charge in [0.05, 0.1) is 5.56 Å². The molecule has 0 heterocycles. The standard InChI is InChI=1S/C30H27NO3/c1-3-21(2)29(32)31-27-17-13-26(14-18-27)30(33)34-28-19-15-25(16-20-28)24-11-9-23(10-12-24)22-7-5-4-6-8-22/h4-21H,3H2,1-2H3,(H,31,32). The fourth-order valence-electron chi connectivity index (χ4n) is 3.51. The molecule has 1 amide bonds. The summed E-state index contributed by atoms with van der Waals surface area (Å²) in [5, 5.41) is 2.85. The smallest absolute Gasteiger partial charge is 0.343 e.